The summed E-state index contributed by atoms with van der Waals surface area (Å²) < 4.78 is 0. The summed E-state index contributed by atoms with van der Waals surface area (Å²) >= 11 is 1.87. The Morgan fingerprint density at radius 1 is 1.25 bits per heavy atom. The van der Waals surface area contributed by atoms with Crippen molar-refractivity contribution in [2.45, 2.75) is 63.5 Å². The minimum Gasteiger partial charge on any atom is -0.350 e. The van der Waals surface area contributed by atoms with Gasteiger partial charge in [0.1, 0.15) is 0 Å². The van der Waals surface area contributed by atoms with E-state index in [9.17, 15) is 4.79 Å². The second-order valence-corrected chi connectivity index (χ2v) is 9.94. The van der Waals surface area contributed by atoms with E-state index in [4.69, 9.17) is 0 Å². The van der Waals surface area contributed by atoms with Crippen LogP contribution in [-0.4, -0.2) is 29.4 Å². The third-order valence-electron chi connectivity index (χ3n) is 7.19. The molecule has 24 heavy (non-hydrogen) atoms. The lowest BCUT2D eigenvalue weighted by molar-refractivity contribution is -0.128. The Bertz CT molecular complexity index is 617. The number of nitrogens with zero attached hydrogens (tertiary/aromatic N) is 1. The zero-order valence-electron chi connectivity index (χ0n) is 14.6. The number of thiophene rings is 1. The molecule has 6 rings (SSSR count). The van der Waals surface area contributed by atoms with Crippen LogP contribution in [0.1, 0.15) is 61.9 Å². The van der Waals surface area contributed by atoms with E-state index in [0.29, 0.717) is 12.6 Å². The standard InChI is InChI=1S/C20H28N2OS/c1-13-17-3-5-24-18(17)2-4-22(13)12-19(23)21-20-9-14-6-15(10-20)8-16(7-14)11-20/h3,5,13-16H,2,4,6-12H2,1H3,(H,21,23)/t13-,14?,15?,16?,20?/m0/s1. The van der Waals surface area contributed by atoms with E-state index >= 15 is 0 Å². The van der Waals surface area contributed by atoms with Gasteiger partial charge in [0, 0.05) is 23.0 Å². The summed E-state index contributed by atoms with van der Waals surface area (Å²) in [5, 5.41) is 5.73. The summed E-state index contributed by atoms with van der Waals surface area (Å²) in [4.78, 5) is 16.7. The molecule has 2 heterocycles. The van der Waals surface area contributed by atoms with Gasteiger partial charge in [0.15, 0.2) is 0 Å². The highest BCUT2D eigenvalue weighted by atomic mass is 32.1. The summed E-state index contributed by atoms with van der Waals surface area (Å²) in [6.07, 6.45) is 9.12. The van der Waals surface area contributed by atoms with Crippen LogP contribution in [0.3, 0.4) is 0 Å². The smallest absolute Gasteiger partial charge is 0.234 e. The first kappa shape index (κ1) is 15.4. The number of amides is 1. The molecule has 0 radical (unpaired) electrons. The molecule has 130 valence electrons. The molecule has 1 aromatic rings. The fraction of sp³-hybridized carbons (Fsp3) is 0.750. The highest BCUT2D eigenvalue weighted by molar-refractivity contribution is 7.10. The van der Waals surface area contributed by atoms with Crippen molar-refractivity contribution in [2.75, 3.05) is 13.1 Å². The van der Waals surface area contributed by atoms with Gasteiger partial charge in [-0.05, 0) is 86.6 Å². The Morgan fingerprint density at radius 3 is 2.58 bits per heavy atom. The predicted molar refractivity (Wildman–Crippen MR) is 97.1 cm³/mol. The monoisotopic (exact) mass is 344 g/mol. The van der Waals surface area contributed by atoms with Crippen molar-refractivity contribution >= 4 is 17.2 Å². The maximum absolute atomic E-state index is 12.8. The van der Waals surface area contributed by atoms with Crippen LogP contribution in [0.2, 0.25) is 0 Å². The van der Waals surface area contributed by atoms with E-state index in [-0.39, 0.29) is 11.4 Å². The highest BCUT2D eigenvalue weighted by Crippen LogP contribution is 2.55. The van der Waals surface area contributed by atoms with Crippen LogP contribution in [0, 0.1) is 17.8 Å². The number of rotatable bonds is 3. The molecule has 4 aliphatic carbocycles. The van der Waals surface area contributed by atoms with Gasteiger partial charge in [0.25, 0.3) is 0 Å². The molecule has 1 atom stereocenters. The topological polar surface area (TPSA) is 32.3 Å². The molecule has 4 heteroatoms. The summed E-state index contributed by atoms with van der Waals surface area (Å²) in [6.45, 7) is 3.84. The van der Waals surface area contributed by atoms with E-state index in [1.54, 1.807) is 0 Å². The van der Waals surface area contributed by atoms with Gasteiger partial charge in [0.05, 0.1) is 6.54 Å². The zero-order valence-corrected chi connectivity index (χ0v) is 15.4. The molecule has 4 fully saturated rings. The van der Waals surface area contributed by atoms with Gasteiger partial charge >= 0.3 is 0 Å². The Hall–Kier alpha value is -0.870. The SMILES string of the molecule is C[C@H]1c2ccsc2CCN1CC(=O)NC12CC3CC(CC(C3)C1)C2. The molecule has 5 aliphatic rings. The number of nitrogens with one attached hydrogen (secondary N) is 1. The Balaban J connectivity index is 1.25. The molecular weight excluding hydrogens is 316 g/mol. The molecule has 1 aromatic heterocycles. The van der Waals surface area contributed by atoms with Crippen molar-refractivity contribution in [3.63, 3.8) is 0 Å². The van der Waals surface area contributed by atoms with E-state index in [1.165, 1.54) is 49.0 Å². The molecule has 1 aliphatic heterocycles. The minimum atomic E-state index is 0.151. The average molecular weight is 345 g/mol. The van der Waals surface area contributed by atoms with Crippen molar-refractivity contribution in [1.29, 1.82) is 0 Å². The van der Waals surface area contributed by atoms with Crippen molar-refractivity contribution < 1.29 is 4.79 Å². The average Bonchev–Trinajstić information content (AvgIpc) is 2.97. The molecule has 1 N–H and O–H groups in total. The normalized spacial score (nSPS) is 40.5. The number of carbonyl (C=O) groups excluding carboxylic acids is 1. The van der Waals surface area contributed by atoms with Crippen LogP contribution in [0.5, 0.6) is 0 Å². The third kappa shape index (κ3) is 2.53. The van der Waals surface area contributed by atoms with Crippen LogP contribution in [0.15, 0.2) is 11.4 Å². The molecule has 0 spiro atoms. The first-order valence-corrected chi connectivity index (χ1v) is 10.6. The first-order chi connectivity index (χ1) is 11.6. The lowest BCUT2D eigenvalue weighted by atomic mass is 9.53. The number of hydrogen-bond acceptors (Lipinski definition) is 3. The molecule has 0 unspecified atom stereocenters. The summed E-state index contributed by atoms with van der Waals surface area (Å²) in [7, 11) is 0. The lowest BCUT2D eigenvalue weighted by Gasteiger charge is -2.57. The molecular formula is C20H28N2OS. The van der Waals surface area contributed by atoms with Crippen LogP contribution >= 0.6 is 11.3 Å². The van der Waals surface area contributed by atoms with Gasteiger partial charge in [-0.2, -0.15) is 0 Å². The molecule has 3 nitrogen and oxygen atoms in total. The van der Waals surface area contributed by atoms with E-state index in [2.05, 4.69) is 28.6 Å². The fourth-order valence-electron chi connectivity index (χ4n) is 6.56. The van der Waals surface area contributed by atoms with Gasteiger partial charge in [-0.25, -0.2) is 0 Å². The van der Waals surface area contributed by atoms with E-state index in [0.717, 1.165) is 30.7 Å². The van der Waals surface area contributed by atoms with Gasteiger partial charge in [0.2, 0.25) is 5.91 Å². The summed E-state index contributed by atoms with van der Waals surface area (Å²) in [6, 6.07) is 2.62. The van der Waals surface area contributed by atoms with E-state index in [1.807, 2.05) is 11.3 Å². The van der Waals surface area contributed by atoms with Gasteiger partial charge in [-0.15, -0.1) is 11.3 Å². The largest absolute Gasteiger partial charge is 0.350 e. The molecule has 4 bridgehead atoms. The molecule has 0 saturated heterocycles. The van der Waals surface area contributed by atoms with Crippen LogP contribution in [0.4, 0.5) is 0 Å². The van der Waals surface area contributed by atoms with Crippen LogP contribution in [0.25, 0.3) is 0 Å². The van der Waals surface area contributed by atoms with Crippen LogP contribution in [-0.2, 0) is 11.2 Å². The van der Waals surface area contributed by atoms with Gasteiger partial charge in [-0.1, -0.05) is 0 Å². The highest BCUT2D eigenvalue weighted by Gasteiger charge is 2.51. The van der Waals surface area contributed by atoms with Crippen LogP contribution < -0.4 is 5.32 Å². The fourth-order valence-corrected chi connectivity index (χ4v) is 7.52. The van der Waals surface area contributed by atoms with Gasteiger partial charge < -0.3 is 5.32 Å². The van der Waals surface area contributed by atoms with Gasteiger partial charge in [-0.3, -0.25) is 9.69 Å². The molecule has 4 saturated carbocycles. The Morgan fingerprint density at radius 2 is 1.92 bits per heavy atom. The predicted octanol–water partition coefficient (Wildman–Crippen LogP) is 3.75. The van der Waals surface area contributed by atoms with Crippen molar-refractivity contribution in [3.8, 4) is 0 Å². The lowest BCUT2D eigenvalue weighted by Crippen LogP contribution is -2.61. The second-order valence-electron chi connectivity index (χ2n) is 8.94. The quantitative estimate of drug-likeness (QED) is 0.906. The van der Waals surface area contributed by atoms with E-state index < -0.39 is 0 Å². The molecule has 1 amide bonds. The van der Waals surface area contributed by atoms with Crippen molar-refractivity contribution in [1.82, 2.24) is 10.2 Å². The Labute approximate surface area is 148 Å². The zero-order chi connectivity index (χ0) is 16.3. The summed E-state index contributed by atoms with van der Waals surface area (Å²) in [5.41, 5.74) is 1.59. The number of fused-ring (bicyclic) bond motifs is 1. The third-order valence-corrected chi connectivity index (χ3v) is 8.19. The van der Waals surface area contributed by atoms with Crippen molar-refractivity contribution in [3.05, 3.63) is 21.9 Å². The summed E-state index contributed by atoms with van der Waals surface area (Å²) in [5.74, 6) is 2.93. The number of carbonyl (C=O) groups is 1. The maximum atomic E-state index is 12.8. The molecule has 0 aromatic carbocycles. The minimum absolute atomic E-state index is 0.151. The Kier molecular flexibility index (Phi) is 3.57. The second kappa shape index (κ2) is 5.57. The maximum Gasteiger partial charge on any atom is 0.234 e. The first-order valence-electron chi connectivity index (χ1n) is 9.71. The number of hydrogen-bond donors (Lipinski definition) is 1. The van der Waals surface area contributed by atoms with Crippen molar-refractivity contribution in [2.24, 2.45) is 17.8 Å².